The maximum Gasteiger partial charge on any atom is 0.323 e. The molecular weight excluding hydrogens is 292 g/mol. The van der Waals surface area contributed by atoms with E-state index in [0.29, 0.717) is 12.5 Å². The standard InChI is InChI=1S/C17H24N4O2/c1-21(13-7-9-18-10-8-13)16(22)4-2-3-12-5-6-14-15(11-12)20-17(23)19-14/h5-6,11,13,18H,2-4,7-10H2,1H3,(H2,19,20,23). The number of nitrogens with one attached hydrogen (secondary N) is 3. The average Bonchev–Trinajstić information content (AvgIpc) is 2.94. The fourth-order valence-corrected chi connectivity index (χ4v) is 3.25. The van der Waals surface area contributed by atoms with Gasteiger partial charge in [-0.05, 0) is 56.5 Å². The third-order valence-corrected chi connectivity index (χ3v) is 4.69. The SMILES string of the molecule is CN(C(=O)CCCc1ccc2[nH]c(=O)[nH]c2c1)C1CCNCC1. The first kappa shape index (κ1) is 15.8. The van der Waals surface area contributed by atoms with Crippen LogP contribution in [0, 0.1) is 0 Å². The minimum absolute atomic E-state index is 0.184. The molecule has 6 nitrogen and oxygen atoms in total. The van der Waals surface area contributed by atoms with Gasteiger partial charge in [-0.15, -0.1) is 0 Å². The number of aromatic amines is 2. The van der Waals surface area contributed by atoms with Crippen LogP contribution >= 0.6 is 0 Å². The van der Waals surface area contributed by atoms with Crippen LogP contribution < -0.4 is 11.0 Å². The number of hydrogen-bond donors (Lipinski definition) is 3. The summed E-state index contributed by atoms with van der Waals surface area (Å²) in [4.78, 5) is 31.0. The number of H-pyrrole nitrogens is 2. The van der Waals surface area contributed by atoms with E-state index in [1.54, 1.807) is 0 Å². The molecule has 3 rings (SSSR count). The number of benzene rings is 1. The second kappa shape index (κ2) is 7.00. The molecule has 23 heavy (non-hydrogen) atoms. The highest BCUT2D eigenvalue weighted by molar-refractivity contribution is 5.76. The lowest BCUT2D eigenvalue weighted by Crippen LogP contribution is -2.43. The number of carbonyl (C=O) groups excluding carboxylic acids is 1. The topological polar surface area (TPSA) is 81.0 Å². The molecule has 1 aromatic heterocycles. The first-order valence-corrected chi connectivity index (χ1v) is 8.31. The van der Waals surface area contributed by atoms with Crippen LogP contribution in [0.3, 0.4) is 0 Å². The molecule has 2 aromatic rings. The minimum Gasteiger partial charge on any atom is -0.343 e. The van der Waals surface area contributed by atoms with Crippen LogP contribution in [0.15, 0.2) is 23.0 Å². The quantitative estimate of drug-likeness (QED) is 0.780. The van der Waals surface area contributed by atoms with Crippen LogP contribution in [0.2, 0.25) is 0 Å². The summed E-state index contributed by atoms with van der Waals surface area (Å²) >= 11 is 0. The molecular formula is C17H24N4O2. The molecule has 1 aromatic carbocycles. The molecule has 0 bridgehead atoms. The molecule has 0 saturated carbocycles. The summed E-state index contributed by atoms with van der Waals surface area (Å²) in [5.74, 6) is 0.230. The molecule has 6 heteroatoms. The van der Waals surface area contributed by atoms with Gasteiger partial charge in [0.15, 0.2) is 0 Å². The molecule has 0 spiro atoms. The molecule has 0 atom stereocenters. The number of imidazole rings is 1. The van der Waals surface area contributed by atoms with Crippen molar-refractivity contribution < 1.29 is 4.79 Å². The normalized spacial score (nSPS) is 15.9. The Labute approximate surface area is 135 Å². The minimum atomic E-state index is -0.184. The first-order chi connectivity index (χ1) is 11.1. The fourth-order valence-electron chi connectivity index (χ4n) is 3.25. The molecule has 0 aliphatic carbocycles. The zero-order chi connectivity index (χ0) is 16.2. The summed E-state index contributed by atoms with van der Waals surface area (Å²) in [6.45, 7) is 1.99. The molecule has 1 amide bonds. The van der Waals surface area contributed by atoms with Crippen LogP contribution in [0.1, 0.15) is 31.2 Å². The van der Waals surface area contributed by atoms with Crippen molar-refractivity contribution in [3.05, 3.63) is 34.2 Å². The van der Waals surface area contributed by atoms with E-state index in [1.807, 2.05) is 30.1 Å². The summed E-state index contributed by atoms with van der Waals surface area (Å²) in [5, 5.41) is 3.32. The predicted molar refractivity (Wildman–Crippen MR) is 90.5 cm³/mol. The maximum absolute atomic E-state index is 12.3. The van der Waals surface area contributed by atoms with E-state index in [9.17, 15) is 9.59 Å². The monoisotopic (exact) mass is 316 g/mol. The summed E-state index contributed by atoms with van der Waals surface area (Å²) in [5.41, 5.74) is 2.60. The average molecular weight is 316 g/mol. The van der Waals surface area contributed by atoms with Gasteiger partial charge in [-0.2, -0.15) is 0 Å². The lowest BCUT2D eigenvalue weighted by atomic mass is 10.0. The lowest BCUT2D eigenvalue weighted by Gasteiger charge is -2.31. The lowest BCUT2D eigenvalue weighted by molar-refractivity contribution is -0.132. The van der Waals surface area contributed by atoms with Gasteiger partial charge in [0, 0.05) is 19.5 Å². The van der Waals surface area contributed by atoms with Crippen LogP contribution in [0.5, 0.6) is 0 Å². The highest BCUT2D eigenvalue weighted by Gasteiger charge is 2.21. The van der Waals surface area contributed by atoms with Gasteiger partial charge in [-0.1, -0.05) is 6.07 Å². The van der Waals surface area contributed by atoms with Crippen molar-refractivity contribution in [1.82, 2.24) is 20.2 Å². The largest absolute Gasteiger partial charge is 0.343 e. The number of hydrogen-bond acceptors (Lipinski definition) is 3. The predicted octanol–water partition coefficient (Wildman–Crippen LogP) is 1.39. The Bertz CT molecular complexity index is 728. The summed E-state index contributed by atoms with van der Waals surface area (Å²) in [6.07, 6.45) is 4.32. The molecule has 1 saturated heterocycles. The highest BCUT2D eigenvalue weighted by atomic mass is 16.2. The van der Waals surface area contributed by atoms with Crippen molar-refractivity contribution in [3.8, 4) is 0 Å². The second-order valence-electron chi connectivity index (χ2n) is 6.30. The van der Waals surface area contributed by atoms with Crippen molar-refractivity contribution >= 4 is 16.9 Å². The van der Waals surface area contributed by atoms with Crippen molar-refractivity contribution in [2.75, 3.05) is 20.1 Å². The van der Waals surface area contributed by atoms with Gasteiger partial charge >= 0.3 is 5.69 Å². The number of aryl methyl sites for hydroxylation is 1. The number of aromatic nitrogens is 2. The highest BCUT2D eigenvalue weighted by Crippen LogP contribution is 2.15. The molecule has 2 heterocycles. The van der Waals surface area contributed by atoms with E-state index in [-0.39, 0.29) is 11.6 Å². The van der Waals surface area contributed by atoms with Crippen LogP contribution in [-0.4, -0.2) is 47.0 Å². The Morgan fingerprint density at radius 3 is 2.74 bits per heavy atom. The molecule has 124 valence electrons. The molecule has 1 aliphatic heterocycles. The zero-order valence-electron chi connectivity index (χ0n) is 13.5. The van der Waals surface area contributed by atoms with Crippen LogP contribution in [0.4, 0.5) is 0 Å². The van der Waals surface area contributed by atoms with Gasteiger partial charge < -0.3 is 20.2 Å². The van der Waals surface area contributed by atoms with Crippen LogP contribution in [0.25, 0.3) is 11.0 Å². The van der Waals surface area contributed by atoms with Gasteiger partial charge in [0.05, 0.1) is 11.0 Å². The summed E-state index contributed by atoms with van der Waals surface area (Å²) in [6, 6.07) is 6.28. The third kappa shape index (κ3) is 3.82. The van der Waals surface area contributed by atoms with Gasteiger partial charge in [0.1, 0.15) is 0 Å². The second-order valence-corrected chi connectivity index (χ2v) is 6.30. The first-order valence-electron chi connectivity index (χ1n) is 8.31. The van der Waals surface area contributed by atoms with Gasteiger partial charge in [0.2, 0.25) is 5.91 Å². The van der Waals surface area contributed by atoms with E-state index < -0.39 is 0 Å². The fraction of sp³-hybridized carbons (Fsp3) is 0.529. The van der Waals surface area contributed by atoms with Crippen molar-refractivity contribution in [2.24, 2.45) is 0 Å². The maximum atomic E-state index is 12.3. The van der Waals surface area contributed by atoms with Crippen molar-refractivity contribution in [2.45, 2.75) is 38.1 Å². The number of amides is 1. The van der Waals surface area contributed by atoms with E-state index >= 15 is 0 Å². The van der Waals surface area contributed by atoms with E-state index in [0.717, 1.165) is 55.4 Å². The number of fused-ring (bicyclic) bond motifs is 1. The Morgan fingerprint density at radius 1 is 1.22 bits per heavy atom. The Kier molecular flexibility index (Phi) is 4.81. The smallest absolute Gasteiger partial charge is 0.323 e. The Morgan fingerprint density at radius 2 is 1.96 bits per heavy atom. The Hall–Kier alpha value is -2.08. The number of rotatable bonds is 5. The van der Waals surface area contributed by atoms with Crippen molar-refractivity contribution in [1.29, 1.82) is 0 Å². The number of nitrogens with zero attached hydrogens (tertiary/aromatic N) is 1. The van der Waals surface area contributed by atoms with E-state index in [4.69, 9.17) is 0 Å². The summed E-state index contributed by atoms with van der Waals surface area (Å²) in [7, 11) is 1.93. The van der Waals surface area contributed by atoms with Gasteiger partial charge in [0.25, 0.3) is 0 Å². The van der Waals surface area contributed by atoms with Gasteiger partial charge in [-0.3, -0.25) is 4.79 Å². The molecule has 0 unspecified atom stereocenters. The molecule has 1 aliphatic rings. The molecule has 3 N–H and O–H groups in total. The summed E-state index contributed by atoms with van der Waals surface area (Å²) < 4.78 is 0. The van der Waals surface area contributed by atoms with E-state index in [1.165, 1.54) is 0 Å². The Balaban J connectivity index is 1.51. The molecule has 1 fully saturated rings. The van der Waals surface area contributed by atoms with E-state index in [2.05, 4.69) is 15.3 Å². The molecule has 0 radical (unpaired) electrons. The number of carbonyl (C=O) groups is 1. The number of piperidine rings is 1. The van der Waals surface area contributed by atoms with Crippen LogP contribution in [-0.2, 0) is 11.2 Å². The zero-order valence-corrected chi connectivity index (χ0v) is 13.5. The van der Waals surface area contributed by atoms with Gasteiger partial charge in [-0.25, -0.2) is 4.79 Å². The third-order valence-electron chi connectivity index (χ3n) is 4.69. The van der Waals surface area contributed by atoms with Crippen molar-refractivity contribution in [3.63, 3.8) is 0 Å².